The Kier molecular flexibility index (Phi) is 12.1. The summed E-state index contributed by atoms with van der Waals surface area (Å²) >= 11 is 0. The molecule has 0 amide bonds. The first-order chi connectivity index (χ1) is 24.7. The molecule has 4 atom stereocenters. The molecule has 52 heavy (non-hydrogen) atoms. The molecule has 2 aromatic heterocycles. The van der Waals surface area contributed by atoms with Crippen LogP contribution in [0.2, 0.25) is 0 Å². The molecular weight excluding hydrogens is 731 g/mol. The topological polar surface area (TPSA) is 267 Å². The number of rotatable bonds is 14. The van der Waals surface area contributed by atoms with Crippen LogP contribution in [0.3, 0.4) is 0 Å². The number of benzene rings is 2. The number of amidine groups is 2. The third-order valence-electron chi connectivity index (χ3n) is 7.74. The molecule has 0 bridgehead atoms. The van der Waals surface area contributed by atoms with Gasteiger partial charge in [0.2, 0.25) is 11.4 Å². The lowest BCUT2D eigenvalue weighted by molar-refractivity contribution is 0.232. The molecule has 18 nitrogen and oxygen atoms in total. The van der Waals surface area contributed by atoms with Crippen LogP contribution in [0.5, 0.6) is 11.8 Å². The molecule has 0 aliphatic heterocycles. The molecule has 6 rings (SSSR count). The molecule has 2 aromatic carbocycles. The van der Waals surface area contributed by atoms with Gasteiger partial charge in [-0.15, -0.1) is 0 Å². The van der Waals surface area contributed by atoms with Crippen LogP contribution in [0.1, 0.15) is 58.6 Å². The second-order valence-electron chi connectivity index (χ2n) is 12.0. The van der Waals surface area contributed by atoms with Crippen molar-refractivity contribution in [2.45, 2.75) is 37.8 Å². The highest BCUT2D eigenvalue weighted by molar-refractivity contribution is 7.91. The third-order valence-corrected chi connectivity index (χ3v) is 9.88. The van der Waals surface area contributed by atoms with E-state index in [0.29, 0.717) is 25.7 Å². The minimum atomic E-state index is -2.59. The average molecular weight is 767 g/mol. The van der Waals surface area contributed by atoms with Crippen LogP contribution < -0.4 is 20.4 Å². The number of aromatic nitrogens is 4. The van der Waals surface area contributed by atoms with Gasteiger partial charge in [-0.3, -0.25) is 49.3 Å². The van der Waals surface area contributed by atoms with Crippen LogP contribution in [-0.4, -0.2) is 88.4 Å². The fourth-order valence-corrected chi connectivity index (χ4v) is 6.51. The SMILES string of the molecule is C[S@@](=N)(=O)CCCOc1nonc1C(=NC1Cc2ccc(F)cc21)NO.C[S@](=N)(=O)CCCOc1nonc1C(=NC1Cc2ccc(F)cc21)NO. The van der Waals surface area contributed by atoms with Gasteiger partial charge in [-0.05, 0) is 92.8 Å². The molecule has 2 heterocycles. The molecule has 22 heteroatoms. The van der Waals surface area contributed by atoms with Gasteiger partial charge in [0.1, 0.15) is 11.6 Å². The molecule has 0 radical (unpaired) electrons. The summed E-state index contributed by atoms with van der Waals surface area (Å²) in [7, 11) is -5.17. The van der Waals surface area contributed by atoms with Crippen LogP contribution in [0.25, 0.3) is 0 Å². The van der Waals surface area contributed by atoms with Crippen molar-refractivity contribution in [2.75, 3.05) is 37.2 Å². The standard InChI is InChI=1S/2C15H18FN5O4S/c2*1-26(17,23)6-2-5-24-15-13(20-25-21-15)14(19-22)18-12-7-9-3-4-10(16)8-11(9)12/h2*3-4,8,12,17,22H,2,5-7H2,1H3,(H,18,19)/t2*12?,26-/m10/s1. The molecule has 6 N–H and O–H groups in total. The molecule has 0 saturated carbocycles. The van der Waals surface area contributed by atoms with E-state index in [2.05, 4.69) is 39.9 Å². The van der Waals surface area contributed by atoms with Gasteiger partial charge in [0, 0.05) is 43.5 Å². The highest BCUT2D eigenvalue weighted by Crippen LogP contribution is 2.38. The number of ether oxygens (including phenoxy) is 2. The zero-order chi connectivity index (χ0) is 37.5. The van der Waals surface area contributed by atoms with Crippen LogP contribution >= 0.6 is 0 Å². The van der Waals surface area contributed by atoms with Gasteiger partial charge in [0.05, 0.1) is 25.3 Å². The number of nitrogens with zero attached hydrogens (tertiary/aromatic N) is 6. The Balaban J connectivity index is 0.000000201. The second-order valence-corrected chi connectivity index (χ2v) is 16.8. The van der Waals surface area contributed by atoms with E-state index in [-0.39, 0.29) is 83.3 Å². The minimum absolute atomic E-state index is 0.0108. The predicted octanol–water partition coefficient (Wildman–Crippen LogP) is 3.35. The predicted molar refractivity (Wildman–Crippen MR) is 181 cm³/mol. The Morgan fingerprint density at radius 3 is 1.56 bits per heavy atom. The van der Waals surface area contributed by atoms with Gasteiger partial charge < -0.3 is 9.47 Å². The zero-order valence-corrected chi connectivity index (χ0v) is 29.5. The fourth-order valence-electron chi connectivity index (χ4n) is 5.17. The smallest absolute Gasteiger partial charge is 0.287 e. The zero-order valence-electron chi connectivity index (χ0n) is 27.9. The Morgan fingerprint density at radius 1 is 0.788 bits per heavy atom. The van der Waals surface area contributed by atoms with Gasteiger partial charge in [0.25, 0.3) is 11.8 Å². The van der Waals surface area contributed by atoms with Gasteiger partial charge >= 0.3 is 0 Å². The molecule has 2 aliphatic carbocycles. The number of hydrogen-bond donors (Lipinski definition) is 6. The van der Waals surface area contributed by atoms with E-state index in [0.717, 1.165) is 22.3 Å². The summed E-state index contributed by atoms with van der Waals surface area (Å²) in [6.07, 6.45) is 4.71. The van der Waals surface area contributed by atoms with Crippen LogP contribution in [0.15, 0.2) is 55.6 Å². The van der Waals surface area contributed by atoms with Gasteiger partial charge in [-0.2, -0.15) is 0 Å². The van der Waals surface area contributed by atoms with Gasteiger partial charge in [-0.25, -0.2) is 18.0 Å². The van der Waals surface area contributed by atoms with Crippen molar-refractivity contribution in [3.63, 3.8) is 0 Å². The van der Waals surface area contributed by atoms with E-state index in [1.54, 1.807) is 12.1 Å². The maximum absolute atomic E-state index is 13.4. The number of nitrogens with one attached hydrogen (secondary N) is 4. The summed E-state index contributed by atoms with van der Waals surface area (Å²) in [6.45, 7) is 0.308. The third kappa shape index (κ3) is 10.0. The summed E-state index contributed by atoms with van der Waals surface area (Å²) in [5.41, 5.74) is 7.49. The average Bonchev–Trinajstić information content (AvgIpc) is 3.74. The maximum atomic E-state index is 13.4. The van der Waals surface area contributed by atoms with E-state index in [1.165, 1.54) is 36.8 Å². The monoisotopic (exact) mass is 766 g/mol. The second kappa shape index (κ2) is 16.5. The van der Waals surface area contributed by atoms with Crippen molar-refractivity contribution in [1.82, 2.24) is 31.6 Å². The normalized spacial score (nSPS) is 18.6. The summed E-state index contributed by atoms with van der Waals surface area (Å²) in [6, 6.07) is 8.35. The fraction of sp³-hybridized carbons (Fsp3) is 0.400. The van der Waals surface area contributed by atoms with E-state index in [9.17, 15) is 27.6 Å². The van der Waals surface area contributed by atoms with E-state index in [1.807, 2.05) is 11.0 Å². The summed E-state index contributed by atoms with van der Waals surface area (Å²) in [5, 5.41) is 33.3. The highest BCUT2D eigenvalue weighted by Gasteiger charge is 2.30. The van der Waals surface area contributed by atoms with E-state index in [4.69, 9.17) is 19.0 Å². The molecule has 2 aliphatic rings. The minimum Gasteiger partial charge on any atom is -0.474 e. The Morgan fingerprint density at radius 2 is 1.19 bits per heavy atom. The molecular formula is C30H36F2N10O8S2. The quantitative estimate of drug-likeness (QED) is 0.0465. The largest absolute Gasteiger partial charge is 0.474 e. The molecule has 0 saturated heterocycles. The lowest BCUT2D eigenvalue weighted by atomic mass is 9.83. The molecule has 0 spiro atoms. The van der Waals surface area contributed by atoms with Gasteiger partial charge in [-0.1, -0.05) is 12.1 Å². The molecule has 2 unspecified atom stereocenters. The van der Waals surface area contributed by atoms with Crippen molar-refractivity contribution >= 4 is 31.1 Å². The number of halogens is 2. The summed E-state index contributed by atoms with van der Waals surface area (Å²) in [4.78, 5) is 8.65. The van der Waals surface area contributed by atoms with Crippen LogP contribution in [0, 0.1) is 21.2 Å². The van der Waals surface area contributed by atoms with Crippen molar-refractivity contribution in [3.05, 3.63) is 81.7 Å². The van der Waals surface area contributed by atoms with Crippen molar-refractivity contribution in [3.8, 4) is 11.8 Å². The maximum Gasteiger partial charge on any atom is 0.287 e. The van der Waals surface area contributed by atoms with Crippen LogP contribution in [0.4, 0.5) is 8.78 Å². The number of fused-ring (bicyclic) bond motifs is 2. The first-order valence-electron chi connectivity index (χ1n) is 15.6. The van der Waals surface area contributed by atoms with Crippen molar-refractivity contribution in [1.29, 1.82) is 9.56 Å². The molecule has 4 aromatic rings. The number of hydroxylamine groups is 2. The van der Waals surface area contributed by atoms with Crippen molar-refractivity contribution < 1.29 is 46.3 Å². The molecule has 0 fully saturated rings. The Labute approximate surface area is 296 Å². The first kappa shape index (κ1) is 38.2. The van der Waals surface area contributed by atoms with Crippen molar-refractivity contribution in [2.24, 2.45) is 9.98 Å². The number of aliphatic imine (C=N–C) groups is 2. The molecule has 280 valence electrons. The lowest BCUT2D eigenvalue weighted by Crippen LogP contribution is -2.26. The number of hydrogen-bond acceptors (Lipinski definition) is 16. The Hall–Kier alpha value is -5.06. The lowest BCUT2D eigenvalue weighted by Gasteiger charge is -2.27. The van der Waals surface area contributed by atoms with Gasteiger partial charge in [0.15, 0.2) is 11.7 Å². The van der Waals surface area contributed by atoms with E-state index >= 15 is 0 Å². The van der Waals surface area contributed by atoms with Crippen LogP contribution in [-0.2, 0) is 32.3 Å². The highest BCUT2D eigenvalue weighted by atomic mass is 32.2. The summed E-state index contributed by atoms with van der Waals surface area (Å²) < 4.78 is 84.2. The Bertz CT molecular complexity index is 2010. The summed E-state index contributed by atoms with van der Waals surface area (Å²) in [5.74, 6) is -0.323. The first-order valence-corrected chi connectivity index (χ1v) is 19.9. The van der Waals surface area contributed by atoms with E-state index < -0.39 is 19.5 Å².